The van der Waals surface area contributed by atoms with Crippen LogP contribution in [0.25, 0.3) is 0 Å². The zero-order valence-electron chi connectivity index (χ0n) is 8.38. The molecule has 1 aromatic rings. The van der Waals surface area contributed by atoms with Gasteiger partial charge in [0.1, 0.15) is 12.2 Å². The molecule has 0 aliphatic heterocycles. The number of ether oxygens (including phenoxy) is 1. The van der Waals surface area contributed by atoms with Gasteiger partial charge in [-0.2, -0.15) is 5.26 Å². The first-order valence-corrected chi connectivity index (χ1v) is 5.87. The topological polar surface area (TPSA) is 62.1 Å². The van der Waals surface area contributed by atoms with Crippen LogP contribution in [-0.2, 0) is 4.79 Å². The van der Waals surface area contributed by atoms with E-state index in [-0.39, 0.29) is 12.3 Å². The van der Waals surface area contributed by atoms with Crippen molar-refractivity contribution in [2.24, 2.45) is 0 Å². The van der Waals surface area contributed by atoms with Crippen molar-refractivity contribution in [1.29, 1.82) is 5.26 Å². The number of amides is 1. The molecule has 1 amide bonds. The Bertz CT molecular complexity index is 455. The highest BCUT2D eigenvalue weighted by Crippen LogP contribution is 2.36. The fraction of sp³-hybridized carbons (Fsp3) is 0.200. The van der Waals surface area contributed by atoms with Gasteiger partial charge in [-0.3, -0.25) is 4.79 Å². The summed E-state index contributed by atoms with van der Waals surface area (Å²) in [5.74, 6) is 0.149. The van der Waals surface area contributed by atoms with Crippen LogP contribution in [0.15, 0.2) is 21.1 Å². The second-order valence-corrected chi connectivity index (χ2v) is 4.62. The highest BCUT2D eigenvalue weighted by molar-refractivity contribution is 9.11. The molecule has 0 unspecified atom stereocenters. The summed E-state index contributed by atoms with van der Waals surface area (Å²) in [6, 6.07) is 5.29. The molecule has 0 atom stereocenters. The summed E-state index contributed by atoms with van der Waals surface area (Å²) in [5, 5.41) is 11.0. The van der Waals surface area contributed by atoms with Crippen molar-refractivity contribution in [2.75, 3.05) is 12.4 Å². The molecule has 0 bridgehead atoms. The number of methoxy groups -OCH3 is 1. The third kappa shape index (κ3) is 3.22. The summed E-state index contributed by atoms with van der Waals surface area (Å²) in [7, 11) is 1.51. The van der Waals surface area contributed by atoms with Crippen LogP contribution in [0.4, 0.5) is 5.69 Å². The monoisotopic (exact) mass is 346 g/mol. The normalized spacial score (nSPS) is 9.38. The number of hydrogen-bond acceptors (Lipinski definition) is 3. The quantitative estimate of drug-likeness (QED) is 0.913. The van der Waals surface area contributed by atoms with E-state index >= 15 is 0 Å². The van der Waals surface area contributed by atoms with Crippen molar-refractivity contribution in [3.05, 3.63) is 21.1 Å². The fourth-order valence-corrected chi connectivity index (χ4v) is 2.37. The number of rotatable bonds is 3. The van der Waals surface area contributed by atoms with Gasteiger partial charge in [-0.25, -0.2) is 0 Å². The third-order valence-electron chi connectivity index (χ3n) is 1.74. The predicted molar refractivity (Wildman–Crippen MR) is 67.3 cm³/mol. The molecule has 0 aromatic heterocycles. The lowest BCUT2D eigenvalue weighted by molar-refractivity contribution is -0.115. The average molecular weight is 348 g/mol. The number of carbonyl (C=O) groups is 1. The van der Waals surface area contributed by atoms with Gasteiger partial charge in [0.25, 0.3) is 0 Å². The lowest BCUT2D eigenvalue weighted by Gasteiger charge is -2.11. The van der Waals surface area contributed by atoms with Crippen molar-refractivity contribution in [3.8, 4) is 11.8 Å². The minimum atomic E-state index is -0.371. The molecule has 0 saturated carbocycles. The molecule has 1 N–H and O–H groups in total. The Labute approximate surface area is 110 Å². The van der Waals surface area contributed by atoms with Gasteiger partial charge in [0.2, 0.25) is 5.91 Å². The molecule has 0 aliphatic rings. The first-order chi connectivity index (χ1) is 7.58. The van der Waals surface area contributed by atoms with Gasteiger partial charge < -0.3 is 10.1 Å². The molecule has 0 fully saturated rings. The van der Waals surface area contributed by atoms with Crippen molar-refractivity contribution < 1.29 is 9.53 Å². The van der Waals surface area contributed by atoms with Gasteiger partial charge in [-0.15, -0.1) is 0 Å². The third-order valence-corrected chi connectivity index (χ3v) is 2.83. The van der Waals surface area contributed by atoms with E-state index in [9.17, 15) is 4.79 Å². The van der Waals surface area contributed by atoms with Crippen LogP contribution in [0.3, 0.4) is 0 Å². The van der Waals surface area contributed by atoms with E-state index in [1.54, 1.807) is 18.2 Å². The Balaban J connectivity index is 3.03. The summed E-state index contributed by atoms with van der Waals surface area (Å²) in [6.45, 7) is 0. The van der Waals surface area contributed by atoms with E-state index in [2.05, 4.69) is 37.2 Å². The Morgan fingerprint density at radius 2 is 2.25 bits per heavy atom. The molecule has 0 aliphatic carbocycles. The first-order valence-electron chi connectivity index (χ1n) is 4.28. The van der Waals surface area contributed by atoms with Crippen molar-refractivity contribution in [1.82, 2.24) is 0 Å². The number of nitrogens with one attached hydrogen (secondary N) is 1. The Morgan fingerprint density at radius 3 is 2.81 bits per heavy atom. The molecule has 1 aromatic carbocycles. The van der Waals surface area contributed by atoms with Crippen LogP contribution in [-0.4, -0.2) is 13.0 Å². The number of halogens is 2. The lowest BCUT2D eigenvalue weighted by atomic mass is 10.3. The Kier molecular flexibility index (Phi) is 4.77. The number of hydrogen-bond donors (Lipinski definition) is 1. The molecule has 0 heterocycles. The van der Waals surface area contributed by atoms with Crippen LogP contribution in [0.1, 0.15) is 6.42 Å². The van der Waals surface area contributed by atoms with Gasteiger partial charge in [-0.1, -0.05) is 15.9 Å². The van der Waals surface area contributed by atoms with Crippen LogP contribution >= 0.6 is 31.9 Å². The molecule has 0 spiro atoms. The van der Waals surface area contributed by atoms with Crippen LogP contribution < -0.4 is 10.1 Å². The highest BCUT2D eigenvalue weighted by Gasteiger charge is 2.12. The van der Waals surface area contributed by atoms with E-state index in [1.165, 1.54) is 7.11 Å². The van der Waals surface area contributed by atoms with Gasteiger partial charge in [0, 0.05) is 8.95 Å². The Morgan fingerprint density at radius 1 is 1.56 bits per heavy atom. The van der Waals surface area contributed by atoms with Gasteiger partial charge in [0.05, 0.1) is 18.9 Å². The van der Waals surface area contributed by atoms with Gasteiger partial charge >= 0.3 is 0 Å². The molecule has 0 radical (unpaired) electrons. The number of anilines is 1. The number of nitrogens with zero attached hydrogens (tertiary/aromatic N) is 1. The van der Waals surface area contributed by atoms with Crippen molar-refractivity contribution >= 4 is 43.5 Å². The van der Waals surface area contributed by atoms with Crippen LogP contribution in [0.5, 0.6) is 5.75 Å². The molecular formula is C10H8Br2N2O2. The second-order valence-electron chi connectivity index (χ2n) is 2.85. The molecular weight excluding hydrogens is 340 g/mol. The molecule has 4 nitrogen and oxygen atoms in total. The van der Waals surface area contributed by atoms with Gasteiger partial charge in [0.15, 0.2) is 0 Å². The SMILES string of the molecule is COc1cc(Br)cc(Br)c1NC(=O)CC#N. The summed E-state index contributed by atoms with van der Waals surface area (Å²) in [5.41, 5.74) is 0.519. The summed E-state index contributed by atoms with van der Waals surface area (Å²) >= 11 is 6.62. The standard InChI is InChI=1S/C10H8Br2N2O2/c1-16-8-5-6(11)4-7(12)10(8)14-9(15)2-3-13/h4-5H,2H2,1H3,(H,14,15). The molecule has 1 rings (SSSR count). The smallest absolute Gasteiger partial charge is 0.238 e. The maximum atomic E-state index is 11.3. The number of carbonyl (C=O) groups excluding carboxylic acids is 1. The lowest BCUT2D eigenvalue weighted by Crippen LogP contribution is -2.11. The molecule has 16 heavy (non-hydrogen) atoms. The summed E-state index contributed by atoms with van der Waals surface area (Å²) in [6.07, 6.45) is -0.189. The molecule has 0 saturated heterocycles. The van der Waals surface area contributed by atoms with E-state index in [4.69, 9.17) is 10.00 Å². The number of benzene rings is 1. The van der Waals surface area contributed by atoms with Gasteiger partial charge in [-0.05, 0) is 28.1 Å². The van der Waals surface area contributed by atoms with E-state index in [0.29, 0.717) is 15.9 Å². The first kappa shape index (κ1) is 13.0. The maximum absolute atomic E-state index is 11.3. The second kappa shape index (κ2) is 5.87. The van der Waals surface area contributed by atoms with Crippen molar-refractivity contribution in [3.63, 3.8) is 0 Å². The van der Waals surface area contributed by atoms with Crippen LogP contribution in [0, 0.1) is 11.3 Å². The zero-order chi connectivity index (χ0) is 12.1. The summed E-state index contributed by atoms with van der Waals surface area (Å²) < 4.78 is 6.64. The van der Waals surface area contributed by atoms with Crippen LogP contribution in [0.2, 0.25) is 0 Å². The largest absolute Gasteiger partial charge is 0.494 e. The summed E-state index contributed by atoms with van der Waals surface area (Å²) in [4.78, 5) is 11.3. The highest BCUT2D eigenvalue weighted by atomic mass is 79.9. The maximum Gasteiger partial charge on any atom is 0.238 e. The minimum Gasteiger partial charge on any atom is -0.494 e. The molecule has 84 valence electrons. The number of nitriles is 1. The van der Waals surface area contributed by atoms with E-state index in [1.807, 2.05) is 0 Å². The zero-order valence-corrected chi connectivity index (χ0v) is 11.6. The fourth-order valence-electron chi connectivity index (χ4n) is 1.09. The van der Waals surface area contributed by atoms with E-state index in [0.717, 1.165) is 4.47 Å². The average Bonchev–Trinajstić information content (AvgIpc) is 2.22. The Hall–Kier alpha value is -1.06. The van der Waals surface area contributed by atoms with E-state index < -0.39 is 0 Å². The molecule has 6 heteroatoms. The predicted octanol–water partition coefficient (Wildman–Crippen LogP) is 3.07. The van der Waals surface area contributed by atoms with Crippen molar-refractivity contribution in [2.45, 2.75) is 6.42 Å². The minimum absolute atomic E-state index is 0.189.